The van der Waals surface area contributed by atoms with Crippen molar-refractivity contribution in [3.63, 3.8) is 0 Å². The Morgan fingerprint density at radius 3 is 2.56 bits per heavy atom. The lowest BCUT2D eigenvalue weighted by Gasteiger charge is -2.32. The topological polar surface area (TPSA) is 141 Å². The molecule has 0 bridgehead atoms. The lowest BCUT2D eigenvalue weighted by atomic mass is 9.81. The largest absolute Gasteiger partial charge is 0.494 e. The highest BCUT2D eigenvalue weighted by atomic mass is 79.9. The molecule has 0 saturated carbocycles. The maximum Gasteiger partial charge on any atom is 0.266 e. The van der Waals surface area contributed by atoms with E-state index < -0.39 is 11.6 Å². The van der Waals surface area contributed by atoms with Crippen molar-refractivity contribution < 1.29 is 19.4 Å². The van der Waals surface area contributed by atoms with E-state index in [1.807, 2.05) is 42.5 Å². The van der Waals surface area contributed by atoms with Crippen LogP contribution in [0.25, 0.3) is 10.4 Å². The van der Waals surface area contributed by atoms with Gasteiger partial charge in [-0.05, 0) is 53.3 Å². The van der Waals surface area contributed by atoms with Crippen LogP contribution in [0.1, 0.15) is 56.4 Å². The number of benzene rings is 3. The Balaban J connectivity index is 1.80. The van der Waals surface area contributed by atoms with Crippen LogP contribution in [0, 0.1) is 5.41 Å². The predicted molar refractivity (Wildman–Crippen MR) is 170 cm³/mol. The van der Waals surface area contributed by atoms with Crippen LogP contribution >= 0.6 is 15.9 Å². The molecule has 2 atom stereocenters. The maximum absolute atomic E-state index is 14.3. The highest BCUT2D eigenvalue weighted by Crippen LogP contribution is 2.46. The number of azide groups is 1. The molecule has 226 valence electrons. The molecule has 3 N–H and O–H groups in total. The highest BCUT2D eigenvalue weighted by Gasteiger charge is 2.54. The van der Waals surface area contributed by atoms with Crippen LogP contribution in [0.15, 0.2) is 87.4 Å². The molecule has 43 heavy (non-hydrogen) atoms. The number of hydrogen-bond donors (Lipinski definition) is 3. The van der Waals surface area contributed by atoms with Crippen LogP contribution in [0.2, 0.25) is 0 Å². The van der Waals surface area contributed by atoms with Gasteiger partial charge < -0.3 is 14.6 Å². The summed E-state index contributed by atoms with van der Waals surface area (Å²) in [6, 6.07) is 22.0. The van der Waals surface area contributed by atoms with Crippen LogP contribution in [0.5, 0.6) is 5.75 Å². The van der Waals surface area contributed by atoms with E-state index in [9.17, 15) is 10.3 Å². The first-order chi connectivity index (χ1) is 20.7. The first-order valence-electron chi connectivity index (χ1n) is 14.2. The van der Waals surface area contributed by atoms with Crippen molar-refractivity contribution in [3.8, 4) is 5.75 Å². The lowest BCUT2D eigenvalue weighted by molar-refractivity contribution is -0.130. The number of hydrogen-bond acceptors (Lipinski definition) is 7. The number of aliphatic hydroxyl groups is 1. The van der Waals surface area contributed by atoms with Gasteiger partial charge >= 0.3 is 0 Å². The zero-order chi connectivity index (χ0) is 30.9. The number of nitrogens with zero attached hydrogens (tertiary/aromatic N) is 4. The molecule has 10 nitrogen and oxygen atoms in total. The van der Waals surface area contributed by atoms with Crippen molar-refractivity contribution >= 4 is 33.4 Å². The first kappa shape index (κ1) is 32.0. The van der Waals surface area contributed by atoms with Crippen LogP contribution < -0.4 is 15.6 Å². The molecule has 1 aliphatic rings. The smallest absolute Gasteiger partial charge is 0.266 e. The van der Waals surface area contributed by atoms with Crippen molar-refractivity contribution in [2.45, 2.75) is 51.7 Å². The van der Waals surface area contributed by atoms with Gasteiger partial charge in [-0.25, -0.2) is 10.4 Å². The zero-order valence-corrected chi connectivity index (χ0v) is 26.2. The van der Waals surface area contributed by atoms with Crippen molar-refractivity contribution in [2.75, 3.05) is 19.8 Å². The fraction of sp³-hybridized carbons (Fsp3) is 0.375. The monoisotopic (exact) mass is 648 g/mol. The van der Waals surface area contributed by atoms with E-state index in [2.05, 4.69) is 57.6 Å². The van der Waals surface area contributed by atoms with Crippen LogP contribution in [0.3, 0.4) is 0 Å². The SMILES string of the molecule is CC(C)(C)CCNNC(=O)[C@@]1(Cc2ccccc2Br)N=C(c2ccc(OCCCO)cc2)O[C@H]1c1ccccc1N=[N+]=[N-]. The van der Waals surface area contributed by atoms with Crippen LogP contribution in [-0.4, -0.2) is 42.2 Å². The minimum Gasteiger partial charge on any atom is -0.494 e. The molecule has 0 aliphatic carbocycles. The van der Waals surface area contributed by atoms with E-state index in [1.165, 1.54) is 0 Å². The van der Waals surface area contributed by atoms with Gasteiger partial charge in [-0.1, -0.05) is 84.3 Å². The molecule has 0 fully saturated rings. The normalized spacial score (nSPS) is 17.9. The minimum absolute atomic E-state index is 0.0498. The third-order valence-corrected chi connectivity index (χ3v) is 7.79. The summed E-state index contributed by atoms with van der Waals surface area (Å²) in [4.78, 5) is 22.4. The van der Waals surface area contributed by atoms with Crippen molar-refractivity contribution in [1.29, 1.82) is 0 Å². The summed E-state index contributed by atoms with van der Waals surface area (Å²) in [5.41, 5.74) is 16.3. The Hall–Kier alpha value is -3.89. The fourth-order valence-electron chi connectivity index (χ4n) is 4.73. The van der Waals surface area contributed by atoms with E-state index in [-0.39, 0.29) is 30.2 Å². The Bertz CT molecular complexity index is 1480. The number of hydrazine groups is 1. The summed E-state index contributed by atoms with van der Waals surface area (Å²) in [5.74, 6) is 0.540. The molecule has 1 heterocycles. The third-order valence-electron chi connectivity index (χ3n) is 7.02. The lowest BCUT2D eigenvalue weighted by Crippen LogP contribution is -2.54. The van der Waals surface area contributed by atoms with Gasteiger partial charge in [0.25, 0.3) is 5.91 Å². The Labute approximate surface area is 260 Å². The standard InChI is InChI=1S/C32H37BrN6O4/c1-31(2,3)17-18-35-38-30(41)32(21-23-9-4-6-11-26(23)33)28(25-10-5-7-12-27(25)37-39-34)43-29(36-32)22-13-15-24(16-14-22)42-20-8-19-40/h4-7,9-16,28,35,40H,8,17-21H2,1-3H3,(H,38,41)/t28-,32-/m0/s1. The number of aliphatic hydroxyl groups excluding tert-OH is 1. The molecule has 11 heteroatoms. The fourth-order valence-corrected chi connectivity index (χ4v) is 5.15. The summed E-state index contributed by atoms with van der Waals surface area (Å²) in [6.07, 6.45) is 0.648. The van der Waals surface area contributed by atoms with Crippen molar-refractivity contribution in [2.24, 2.45) is 15.5 Å². The van der Waals surface area contributed by atoms with Crippen molar-refractivity contribution in [1.82, 2.24) is 10.9 Å². The molecule has 1 aliphatic heterocycles. The molecule has 1 amide bonds. The van der Waals surface area contributed by atoms with E-state index in [4.69, 9.17) is 19.6 Å². The van der Waals surface area contributed by atoms with E-state index >= 15 is 0 Å². The minimum atomic E-state index is -1.47. The molecule has 0 aromatic heterocycles. The van der Waals surface area contributed by atoms with Gasteiger partial charge in [0.05, 0.1) is 6.61 Å². The Kier molecular flexibility index (Phi) is 10.8. The molecular formula is C32H37BrN6O4. The zero-order valence-electron chi connectivity index (χ0n) is 24.6. The maximum atomic E-state index is 14.3. The van der Waals surface area contributed by atoms with Gasteiger partial charge in [0.15, 0.2) is 11.6 Å². The van der Waals surface area contributed by atoms with E-state index in [0.29, 0.717) is 42.1 Å². The number of aliphatic imine (C=N–C) groups is 1. The predicted octanol–water partition coefficient (Wildman–Crippen LogP) is 6.71. The summed E-state index contributed by atoms with van der Waals surface area (Å²) < 4.78 is 13.1. The van der Waals surface area contributed by atoms with Crippen LogP contribution in [0.4, 0.5) is 5.69 Å². The summed E-state index contributed by atoms with van der Waals surface area (Å²) in [5, 5.41) is 13.0. The molecule has 0 saturated heterocycles. The van der Waals surface area contributed by atoms with Crippen molar-refractivity contribution in [3.05, 3.63) is 104 Å². The summed E-state index contributed by atoms with van der Waals surface area (Å²) in [6.45, 7) is 7.42. The summed E-state index contributed by atoms with van der Waals surface area (Å²) >= 11 is 3.64. The number of rotatable bonds is 13. The second-order valence-corrected chi connectivity index (χ2v) is 12.4. The molecular weight excluding hydrogens is 612 g/mol. The molecule has 3 aromatic rings. The van der Waals surface area contributed by atoms with Gasteiger partial charge in [-0.15, -0.1) is 0 Å². The number of ether oxygens (including phenoxy) is 2. The number of amides is 1. The summed E-state index contributed by atoms with van der Waals surface area (Å²) in [7, 11) is 0. The molecule has 0 unspecified atom stereocenters. The van der Waals surface area contributed by atoms with Gasteiger partial charge in [0.2, 0.25) is 5.90 Å². The van der Waals surface area contributed by atoms with Gasteiger partial charge in [-0.3, -0.25) is 10.2 Å². The average Bonchev–Trinajstić information content (AvgIpc) is 3.37. The quantitative estimate of drug-likeness (QED) is 0.0621. The van der Waals surface area contributed by atoms with E-state index in [0.717, 1.165) is 16.5 Å². The second kappa shape index (κ2) is 14.5. The molecule has 4 rings (SSSR count). The highest BCUT2D eigenvalue weighted by molar-refractivity contribution is 9.10. The third kappa shape index (κ3) is 8.14. The number of nitrogens with one attached hydrogen (secondary N) is 2. The Morgan fingerprint density at radius 1 is 1.14 bits per heavy atom. The number of carbonyl (C=O) groups is 1. The van der Waals surface area contributed by atoms with Gasteiger partial charge in [0.1, 0.15) is 5.75 Å². The molecule has 0 spiro atoms. The Morgan fingerprint density at radius 2 is 1.86 bits per heavy atom. The van der Waals surface area contributed by atoms with Gasteiger partial charge in [0, 0.05) is 52.2 Å². The van der Waals surface area contributed by atoms with E-state index in [1.54, 1.807) is 30.3 Å². The molecule has 0 radical (unpaired) electrons. The van der Waals surface area contributed by atoms with Crippen LogP contribution in [-0.2, 0) is 16.0 Å². The van der Waals surface area contributed by atoms with Gasteiger partial charge in [-0.2, -0.15) is 0 Å². The number of halogens is 1. The average molecular weight is 650 g/mol. The molecule has 3 aromatic carbocycles. The second-order valence-electron chi connectivity index (χ2n) is 11.5. The number of carbonyl (C=O) groups excluding carboxylic acids is 1. The first-order valence-corrected chi connectivity index (χ1v) is 15.0.